The zero-order valence-corrected chi connectivity index (χ0v) is 17.3. The summed E-state index contributed by atoms with van der Waals surface area (Å²) in [5, 5.41) is 2.95. The molecule has 1 aliphatic rings. The maximum Gasteiger partial charge on any atom is 0.251 e. The third kappa shape index (κ3) is 5.20. The molecule has 1 saturated heterocycles. The molecule has 0 radical (unpaired) electrons. The number of benzene rings is 2. The van der Waals surface area contributed by atoms with Gasteiger partial charge in [-0.1, -0.05) is 30.0 Å². The van der Waals surface area contributed by atoms with Crippen molar-refractivity contribution < 1.29 is 9.59 Å². The maximum atomic E-state index is 12.7. The number of imidazole rings is 1. The summed E-state index contributed by atoms with van der Waals surface area (Å²) >= 11 is 0. The van der Waals surface area contributed by atoms with Crippen LogP contribution in [0, 0.1) is 11.8 Å². The standard InChI is InChI=1S/C25H24N4O2/c30-24-8-4-15-28(24)16-5-13-27-25(31)22-11-12-23(29-17-14-26-19-29)21(18-22)10-9-20-6-2-1-3-7-20/h1-3,6-7,11-12,14,17-19H,4-5,8,13,15-16H2,(H,27,31). The van der Waals surface area contributed by atoms with Gasteiger partial charge in [0, 0.05) is 55.1 Å². The molecular weight excluding hydrogens is 388 g/mol. The Morgan fingerprint density at radius 2 is 2.00 bits per heavy atom. The van der Waals surface area contributed by atoms with E-state index in [4.69, 9.17) is 0 Å². The van der Waals surface area contributed by atoms with Gasteiger partial charge in [0.05, 0.1) is 12.0 Å². The second kappa shape index (κ2) is 9.77. The lowest BCUT2D eigenvalue weighted by atomic mass is 10.1. The van der Waals surface area contributed by atoms with E-state index >= 15 is 0 Å². The molecule has 0 atom stereocenters. The van der Waals surface area contributed by atoms with Crippen LogP contribution in [0.3, 0.4) is 0 Å². The van der Waals surface area contributed by atoms with Crippen molar-refractivity contribution in [3.05, 3.63) is 83.9 Å². The summed E-state index contributed by atoms with van der Waals surface area (Å²) in [5.41, 5.74) is 3.08. The van der Waals surface area contributed by atoms with Crippen LogP contribution in [0.2, 0.25) is 0 Å². The average molecular weight is 412 g/mol. The van der Waals surface area contributed by atoms with Crippen LogP contribution in [-0.4, -0.2) is 45.9 Å². The van der Waals surface area contributed by atoms with Crippen LogP contribution >= 0.6 is 0 Å². The molecular formula is C25H24N4O2. The number of hydrogen-bond acceptors (Lipinski definition) is 3. The van der Waals surface area contributed by atoms with Crippen LogP contribution in [0.1, 0.15) is 40.7 Å². The molecule has 2 amide bonds. The molecule has 0 saturated carbocycles. The number of hydrogen-bond donors (Lipinski definition) is 1. The molecule has 0 spiro atoms. The number of carbonyl (C=O) groups excluding carboxylic acids is 2. The SMILES string of the molecule is O=C(NCCCN1CCCC1=O)c1ccc(-n2ccnc2)c(C#Cc2ccccc2)c1. The summed E-state index contributed by atoms with van der Waals surface area (Å²) < 4.78 is 1.88. The molecule has 4 rings (SSSR count). The summed E-state index contributed by atoms with van der Waals surface area (Å²) in [7, 11) is 0. The third-order valence-electron chi connectivity index (χ3n) is 5.22. The Labute approximate surface area is 181 Å². The van der Waals surface area contributed by atoms with Crippen LogP contribution in [0.15, 0.2) is 67.3 Å². The maximum absolute atomic E-state index is 12.7. The number of amides is 2. The molecule has 156 valence electrons. The van der Waals surface area contributed by atoms with Crippen LogP contribution < -0.4 is 5.32 Å². The number of likely N-dealkylation sites (tertiary alicyclic amines) is 1. The number of rotatable bonds is 6. The summed E-state index contributed by atoms with van der Waals surface area (Å²) in [6, 6.07) is 15.2. The van der Waals surface area contributed by atoms with Gasteiger partial charge in [0.25, 0.3) is 5.91 Å². The van der Waals surface area contributed by atoms with Gasteiger partial charge in [-0.15, -0.1) is 0 Å². The second-order valence-electron chi connectivity index (χ2n) is 7.41. The molecule has 31 heavy (non-hydrogen) atoms. The highest BCUT2D eigenvalue weighted by atomic mass is 16.2. The zero-order chi connectivity index (χ0) is 21.5. The van der Waals surface area contributed by atoms with E-state index in [0.29, 0.717) is 25.1 Å². The van der Waals surface area contributed by atoms with E-state index in [9.17, 15) is 9.59 Å². The topological polar surface area (TPSA) is 67.2 Å². The molecule has 1 aromatic heterocycles. The summed E-state index contributed by atoms with van der Waals surface area (Å²) in [6.07, 6.45) is 7.58. The van der Waals surface area contributed by atoms with Gasteiger partial charge in [-0.25, -0.2) is 4.98 Å². The molecule has 0 aliphatic carbocycles. The van der Waals surface area contributed by atoms with Crippen molar-refractivity contribution in [1.82, 2.24) is 19.8 Å². The minimum Gasteiger partial charge on any atom is -0.352 e. The van der Waals surface area contributed by atoms with E-state index in [1.54, 1.807) is 18.6 Å². The Hall–Kier alpha value is -3.85. The van der Waals surface area contributed by atoms with Gasteiger partial charge < -0.3 is 14.8 Å². The predicted octanol–water partition coefficient (Wildman–Crippen LogP) is 3.01. The van der Waals surface area contributed by atoms with E-state index in [-0.39, 0.29) is 11.8 Å². The van der Waals surface area contributed by atoms with Crippen molar-refractivity contribution in [2.45, 2.75) is 19.3 Å². The lowest BCUT2D eigenvalue weighted by molar-refractivity contribution is -0.127. The molecule has 1 fully saturated rings. The van der Waals surface area contributed by atoms with Crippen molar-refractivity contribution in [3.8, 4) is 17.5 Å². The Kier molecular flexibility index (Phi) is 6.44. The lowest BCUT2D eigenvalue weighted by Gasteiger charge is -2.15. The molecule has 6 heteroatoms. The minimum atomic E-state index is -0.146. The summed E-state index contributed by atoms with van der Waals surface area (Å²) in [6.45, 7) is 2.04. The smallest absolute Gasteiger partial charge is 0.251 e. The Morgan fingerprint density at radius 1 is 1.13 bits per heavy atom. The first-order chi connectivity index (χ1) is 15.2. The average Bonchev–Trinajstić information content (AvgIpc) is 3.48. The van der Waals surface area contributed by atoms with Crippen molar-refractivity contribution >= 4 is 11.8 Å². The first-order valence-electron chi connectivity index (χ1n) is 10.5. The van der Waals surface area contributed by atoms with Crippen molar-refractivity contribution in [2.75, 3.05) is 19.6 Å². The minimum absolute atomic E-state index is 0.146. The lowest BCUT2D eigenvalue weighted by Crippen LogP contribution is -2.30. The van der Waals surface area contributed by atoms with E-state index in [1.165, 1.54) is 0 Å². The Balaban J connectivity index is 1.47. The summed E-state index contributed by atoms with van der Waals surface area (Å²) in [5.74, 6) is 6.43. The molecule has 3 aromatic rings. The predicted molar refractivity (Wildman–Crippen MR) is 119 cm³/mol. The van der Waals surface area contributed by atoms with Crippen LogP contribution in [0.25, 0.3) is 5.69 Å². The molecule has 1 N–H and O–H groups in total. The molecule has 0 unspecified atom stereocenters. The number of carbonyl (C=O) groups is 2. The van der Waals surface area contributed by atoms with Crippen LogP contribution in [0.4, 0.5) is 0 Å². The van der Waals surface area contributed by atoms with Gasteiger partial charge in [-0.2, -0.15) is 0 Å². The first-order valence-corrected chi connectivity index (χ1v) is 10.5. The third-order valence-corrected chi connectivity index (χ3v) is 5.22. The highest BCUT2D eigenvalue weighted by molar-refractivity contribution is 5.95. The molecule has 1 aliphatic heterocycles. The van der Waals surface area contributed by atoms with Gasteiger partial charge in [0.15, 0.2) is 0 Å². The highest BCUT2D eigenvalue weighted by Gasteiger charge is 2.19. The number of aromatic nitrogens is 2. The zero-order valence-electron chi connectivity index (χ0n) is 17.3. The van der Waals surface area contributed by atoms with E-state index < -0.39 is 0 Å². The van der Waals surface area contributed by atoms with Gasteiger partial charge in [0.1, 0.15) is 0 Å². The second-order valence-corrected chi connectivity index (χ2v) is 7.41. The Bertz CT molecular complexity index is 1110. The fourth-order valence-electron chi connectivity index (χ4n) is 3.58. The normalized spacial score (nSPS) is 13.0. The number of nitrogens with one attached hydrogen (secondary N) is 1. The van der Waals surface area contributed by atoms with Gasteiger partial charge in [-0.3, -0.25) is 9.59 Å². The quantitative estimate of drug-likeness (QED) is 0.500. The Morgan fingerprint density at radius 3 is 2.74 bits per heavy atom. The van der Waals surface area contributed by atoms with E-state index in [1.807, 2.05) is 58.1 Å². The first kappa shape index (κ1) is 20.4. The van der Waals surface area contributed by atoms with E-state index in [0.717, 1.165) is 36.2 Å². The molecule has 0 bridgehead atoms. The van der Waals surface area contributed by atoms with Crippen LogP contribution in [-0.2, 0) is 4.79 Å². The number of nitrogens with zero attached hydrogens (tertiary/aromatic N) is 3. The largest absolute Gasteiger partial charge is 0.352 e. The molecule has 6 nitrogen and oxygen atoms in total. The summed E-state index contributed by atoms with van der Waals surface area (Å²) in [4.78, 5) is 30.3. The van der Waals surface area contributed by atoms with Gasteiger partial charge >= 0.3 is 0 Å². The fourth-order valence-corrected chi connectivity index (χ4v) is 3.58. The molecule has 2 heterocycles. The van der Waals surface area contributed by atoms with Crippen molar-refractivity contribution in [2.24, 2.45) is 0 Å². The van der Waals surface area contributed by atoms with Crippen molar-refractivity contribution in [1.29, 1.82) is 0 Å². The highest BCUT2D eigenvalue weighted by Crippen LogP contribution is 2.16. The fraction of sp³-hybridized carbons (Fsp3) is 0.240. The van der Waals surface area contributed by atoms with Crippen LogP contribution in [0.5, 0.6) is 0 Å². The molecule has 2 aromatic carbocycles. The monoisotopic (exact) mass is 412 g/mol. The van der Waals surface area contributed by atoms with E-state index in [2.05, 4.69) is 22.1 Å². The van der Waals surface area contributed by atoms with Crippen molar-refractivity contribution in [3.63, 3.8) is 0 Å². The van der Waals surface area contributed by atoms with Gasteiger partial charge in [-0.05, 0) is 43.2 Å². The van der Waals surface area contributed by atoms with Gasteiger partial charge in [0.2, 0.25) is 5.91 Å².